The molecule has 1 saturated heterocycles. The average molecular weight is 183 g/mol. The van der Waals surface area contributed by atoms with E-state index >= 15 is 0 Å². The molecule has 0 spiro atoms. The number of hydrogen-bond acceptors (Lipinski definition) is 3. The van der Waals surface area contributed by atoms with Crippen LogP contribution in [0.2, 0.25) is 0 Å². The van der Waals surface area contributed by atoms with Gasteiger partial charge in [-0.2, -0.15) is 0 Å². The van der Waals surface area contributed by atoms with Crippen LogP contribution < -0.4 is 0 Å². The lowest BCUT2D eigenvalue weighted by molar-refractivity contribution is -0.129. The summed E-state index contributed by atoms with van der Waals surface area (Å²) in [7, 11) is 0. The number of carbonyl (C=O) groups excluding carboxylic acids is 2. The molecule has 13 heavy (non-hydrogen) atoms. The van der Waals surface area contributed by atoms with Gasteiger partial charge >= 0.3 is 6.09 Å². The predicted molar refractivity (Wildman–Crippen MR) is 44.9 cm³/mol. The molecule has 0 bridgehead atoms. The second kappa shape index (κ2) is 2.47. The van der Waals surface area contributed by atoms with Crippen LogP contribution in [0.15, 0.2) is 0 Å². The zero-order chi connectivity index (χ0) is 9.64. The number of carbonyl (C=O) groups is 2. The molecule has 0 aromatic heterocycles. The smallest absolute Gasteiger partial charge is 0.416 e. The van der Waals surface area contributed by atoms with Gasteiger partial charge in [-0.3, -0.25) is 4.79 Å². The Kier molecular flexibility index (Phi) is 1.62. The van der Waals surface area contributed by atoms with E-state index in [9.17, 15) is 9.59 Å². The summed E-state index contributed by atoms with van der Waals surface area (Å²) in [5.74, 6) is -0.0364. The first-order valence-electron chi connectivity index (χ1n) is 4.50. The highest BCUT2D eigenvalue weighted by atomic mass is 16.6. The second-order valence-corrected chi connectivity index (χ2v) is 4.35. The first-order valence-corrected chi connectivity index (χ1v) is 4.50. The Morgan fingerprint density at radius 3 is 2.62 bits per heavy atom. The molecule has 1 unspecified atom stereocenters. The van der Waals surface area contributed by atoms with Gasteiger partial charge in [-0.1, -0.05) is 13.8 Å². The molecule has 1 atom stereocenters. The Balaban J connectivity index is 2.02. The standard InChI is InChI=1S/C9H13NO3/c1-9(2)5-6(9)7(11)10-3-4-13-8(10)12/h6H,3-5H2,1-2H3. The number of ether oxygens (including phenoxy) is 1. The van der Waals surface area contributed by atoms with Gasteiger partial charge in [0.25, 0.3) is 0 Å². The van der Waals surface area contributed by atoms with Gasteiger partial charge in [0.1, 0.15) is 6.61 Å². The molecule has 0 radical (unpaired) electrons. The van der Waals surface area contributed by atoms with Crippen molar-refractivity contribution >= 4 is 12.0 Å². The SMILES string of the molecule is CC1(C)CC1C(=O)N1CCOC1=O. The fourth-order valence-electron chi connectivity index (χ4n) is 1.67. The maximum atomic E-state index is 11.7. The van der Waals surface area contributed by atoms with Crippen molar-refractivity contribution in [3.05, 3.63) is 0 Å². The summed E-state index contributed by atoms with van der Waals surface area (Å²) in [4.78, 5) is 23.9. The number of cyclic esters (lactones) is 1. The molecule has 2 rings (SSSR count). The molecular weight excluding hydrogens is 170 g/mol. The summed E-state index contributed by atoms with van der Waals surface area (Å²) in [5.41, 5.74) is 0.0833. The minimum atomic E-state index is -0.479. The van der Waals surface area contributed by atoms with Gasteiger partial charge in [0.2, 0.25) is 5.91 Å². The molecule has 4 heteroatoms. The second-order valence-electron chi connectivity index (χ2n) is 4.35. The van der Waals surface area contributed by atoms with Crippen LogP contribution in [-0.4, -0.2) is 30.1 Å². The monoisotopic (exact) mass is 183 g/mol. The summed E-state index contributed by atoms with van der Waals surface area (Å²) in [5, 5.41) is 0. The van der Waals surface area contributed by atoms with Crippen LogP contribution in [0.5, 0.6) is 0 Å². The lowest BCUT2D eigenvalue weighted by Gasteiger charge is -2.11. The van der Waals surface area contributed by atoms with E-state index in [4.69, 9.17) is 4.74 Å². The first kappa shape index (κ1) is 8.53. The van der Waals surface area contributed by atoms with Crippen LogP contribution in [0.3, 0.4) is 0 Å². The number of nitrogens with zero attached hydrogens (tertiary/aromatic N) is 1. The highest BCUT2D eigenvalue weighted by molar-refractivity contribution is 5.95. The van der Waals surface area contributed by atoms with Crippen LogP contribution in [0.1, 0.15) is 20.3 Å². The topological polar surface area (TPSA) is 46.6 Å². The minimum Gasteiger partial charge on any atom is -0.447 e. The third-order valence-corrected chi connectivity index (χ3v) is 2.84. The van der Waals surface area contributed by atoms with Crippen LogP contribution in [0, 0.1) is 11.3 Å². The number of amides is 2. The third kappa shape index (κ3) is 1.30. The molecule has 0 aromatic carbocycles. The van der Waals surface area contributed by atoms with Gasteiger partial charge < -0.3 is 4.74 Å². The van der Waals surface area contributed by atoms with Crippen molar-refractivity contribution in [2.45, 2.75) is 20.3 Å². The summed E-state index contributed by atoms with van der Waals surface area (Å²) in [6, 6.07) is 0. The number of hydrogen-bond donors (Lipinski definition) is 0. The maximum absolute atomic E-state index is 11.7. The zero-order valence-electron chi connectivity index (χ0n) is 7.87. The van der Waals surface area contributed by atoms with E-state index in [0.29, 0.717) is 13.2 Å². The Morgan fingerprint density at radius 2 is 2.23 bits per heavy atom. The normalized spacial score (nSPS) is 30.2. The van der Waals surface area contributed by atoms with Crippen molar-refractivity contribution in [2.75, 3.05) is 13.2 Å². The molecule has 0 aromatic rings. The highest BCUT2D eigenvalue weighted by Crippen LogP contribution is 2.52. The maximum Gasteiger partial charge on any atom is 0.416 e. The summed E-state index contributed by atoms with van der Waals surface area (Å²) >= 11 is 0. The van der Waals surface area contributed by atoms with Gasteiger partial charge in [-0.15, -0.1) is 0 Å². The summed E-state index contributed by atoms with van der Waals surface area (Å²) < 4.78 is 4.70. The Labute approximate surface area is 76.8 Å². The zero-order valence-corrected chi connectivity index (χ0v) is 7.87. The minimum absolute atomic E-state index is 0.0261. The van der Waals surface area contributed by atoms with Gasteiger partial charge in [0.05, 0.1) is 6.54 Å². The number of imide groups is 1. The van der Waals surface area contributed by atoms with E-state index < -0.39 is 6.09 Å². The van der Waals surface area contributed by atoms with Gasteiger partial charge in [-0.25, -0.2) is 9.69 Å². The lowest BCUT2D eigenvalue weighted by Crippen LogP contribution is -2.33. The molecule has 4 nitrogen and oxygen atoms in total. The molecule has 1 aliphatic carbocycles. The first-order chi connectivity index (χ1) is 6.02. The van der Waals surface area contributed by atoms with Crippen LogP contribution in [0.25, 0.3) is 0 Å². The van der Waals surface area contributed by atoms with E-state index in [1.54, 1.807) is 0 Å². The molecule has 0 N–H and O–H groups in total. The molecule has 1 aliphatic heterocycles. The quantitative estimate of drug-likeness (QED) is 0.609. The van der Waals surface area contributed by atoms with Crippen molar-refractivity contribution in [3.8, 4) is 0 Å². The molecule has 1 saturated carbocycles. The molecule has 2 fully saturated rings. The van der Waals surface area contributed by atoms with Gasteiger partial charge in [0.15, 0.2) is 0 Å². The summed E-state index contributed by atoms with van der Waals surface area (Å²) in [6.07, 6.45) is 0.406. The van der Waals surface area contributed by atoms with E-state index in [1.165, 1.54) is 4.90 Å². The van der Waals surface area contributed by atoms with Gasteiger partial charge in [0, 0.05) is 5.92 Å². The molecule has 2 aliphatic rings. The Morgan fingerprint density at radius 1 is 1.62 bits per heavy atom. The fourth-order valence-corrected chi connectivity index (χ4v) is 1.67. The van der Waals surface area contributed by atoms with Crippen molar-refractivity contribution in [2.24, 2.45) is 11.3 Å². The van der Waals surface area contributed by atoms with Crippen molar-refractivity contribution in [1.82, 2.24) is 4.90 Å². The van der Waals surface area contributed by atoms with E-state index in [2.05, 4.69) is 0 Å². The largest absolute Gasteiger partial charge is 0.447 e. The third-order valence-electron chi connectivity index (χ3n) is 2.84. The van der Waals surface area contributed by atoms with E-state index in [-0.39, 0.29) is 17.2 Å². The van der Waals surface area contributed by atoms with Gasteiger partial charge in [-0.05, 0) is 11.8 Å². The Hall–Kier alpha value is -1.06. The molecule has 2 amide bonds. The van der Waals surface area contributed by atoms with Crippen molar-refractivity contribution in [3.63, 3.8) is 0 Å². The van der Waals surface area contributed by atoms with E-state index in [1.807, 2.05) is 13.8 Å². The van der Waals surface area contributed by atoms with Crippen LogP contribution in [0.4, 0.5) is 4.79 Å². The van der Waals surface area contributed by atoms with Crippen LogP contribution in [-0.2, 0) is 9.53 Å². The summed E-state index contributed by atoms with van der Waals surface area (Å²) in [6.45, 7) is 4.84. The Bertz CT molecular complexity index is 272. The van der Waals surface area contributed by atoms with E-state index in [0.717, 1.165) is 6.42 Å². The van der Waals surface area contributed by atoms with Crippen molar-refractivity contribution in [1.29, 1.82) is 0 Å². The highest BCUT2D eigenvalue weighted by Gasteiger charge is 2.53. The lowest BCUT2D eigenvalue weighted by atomic mass is 10.1. The van der Waals surface area contributed by atoms with Crippen molar-refractivity contribution < 1.29 is 14.3 Å². The fraction of sp³-hybridized carbons (Fsp3) is 0.778. The molecule has 1 heterocycles. The molecule has 72 valence electrons. The number of rotatable bonds is 1. The van der Waals surface area contributed by atoms with Crippen LogP contribution >= 0.6 is 0 Å². The average Bonchev–Trinajstić information content (AvgIpc) is 2.49. The predicted octanol–water partition coefficient (Wildman–Crippen LogP) is 1.01. The molecular formula is C9H13NO3.